The van der Waals surface area contributed by atoms with Crippen LogP contribution in [0.5, 0.6) is 11.5 Å². The first-order chi connectivity index (χ1) is 12.7. The lowest BCUT2D eigenvalue weighted by molar-refractivity contribution is -1.02. The maximum atomic E-state index is 5.50. The Kier molecular flexibility index (Phi) is 5.14. The van der Waals surface area contributed by atoms with Crippen LogP contribution in [0.15, 0.2) is 42.5 Å². The Labute approximate surface area is 156 Å². The van der Waals surface area contributed by atoms with Crippen LogP contribution in [0.3, 0.4) is 0 Å². The molecule has 2 heterocycles. The fraction of sp³-hybridized carbons (Fsp3) is 0.455. The molecule has 2 aliphatic rings. The quantitative estimate of drug-likeness (QED) is 0.839. The molecule has 0 saturated carbocycles. The molecule has 0 aliphatic carbocycles. The van der Waals surface area contributed by atoms with Gasteiger partial charge in [0.2, 0.25) is 6.79 Å². The average molecular weight is 354 g/mol. The van der Waals surface area contributed by atoms with Gasteiger partial charge < -0.3 is 19.3 Å². The fourth-order valence-corrected chi connectivity index (χ4v) is 3.96. The Morgan fingerprint density at radius 2 is 1.35 bits per heavy atom. The standard InChI is InChI=1S/C22H28N2O2/c1-17(2)20-6-3-18(4-7-20)14-23-9-11-24(12-10-23)15-19-5-8-21-22(13-19)26-16-25-21/h3-8,13,17H,9-12,14-16H2,1-2H3/p+2. The van der Waals surface area contributed by atoms with Crippen molar-refractivity contribution in [1.29, 1.82) is 0 Å². The van der Waals surface area contributed by atoms with E-state index in [1.54, 1.807) is 9.80 Å². The van der Waals surface area contributed by atoms with Crippen molar-refractivity contribution < 1.29 is 19.3 Å². The molecule has 26 heavy (non-hydrogen) atoms. The van der Waals surface area contributed by atoms with Crippen molar-refractivity contribution in [3.63, 3.8) is 0 Å². The predicted octanol–water partition coefficient (Wildman–Crippen LogP) is 1.02. The summed E-state index contributed by atoms with van der Waals surface area (Å²) in [6.45, 7) is 12.0. The van der Waals surface area contributed by atoms with Crippen LogP contribution in [0.2, 0.25) is 0 Å². The first kappa shape index (κ1) is 17.4. The molecule has 2 aromatic carbocycles. The number of rotatable bonds is 5. The lowest BCUT2D eigenvalue weighted by Crippen LogP contribution is -3.27. The molecule has 1 saturated heterocycles. The summed E-state index contributed by atoms with van der Waals surface area (Å²) in [7, 11) is 0. The molecule has 0 bridgehead atoms. The maximum absolute atomic E-state index is 5.50. The number of quaternary nitrogens is 2. The topological polar surface area (TPSA) is 27.3 Å². The number of piperazine rings is 1. The summed E-state index contributed by atoms with van der Waals surface area (Å²) < 4.78 is 10.9. The number of nitrogens with one attached hydrogen (secondary N) is 2. The first-order valence-electron chi connectivity index (χ1n) is 9.82. The van der Waals surface area contributed by atoms with Crippen LogP contribution >= 0.6 is 0 Å². The van der Waals surface area contributed by atoms with Gasteiger partial charge in [-0.3, -0.25) is 0 Å². The smallest absolute Gasteiger partial charge is 0.231 e. The van der Waals surface area contributed by atoms with Crippen molar-refractivity contribution in [3.8, 4) is 11.5 Å². The minimum atomic E-state index is 0.353. The van der Waals surface area contributed by atoms with Crippen molar-refractivity contribution in [2.45, 2.75) is 32.9 Å². The van der Waals surface area contributed by atoms with Crippen molar-refractivity contribution >= 4 is 0 Å². The summed E-state index contributed by atoms with van der Waals surface area (Å²) in [4.78, 5) is 3.37. The molecule has 2 aliphatic heterocycles. The highest BCUT2D eigenvalue weighted by Crippen LogP contribution is 2.32. The van der Waals surface area contributed by atoms with Crippen LogP contribution in [-0.2, 0) is 13.1 Å². The highest BCUT2D eigenvalue weighted by atomic mass is 16.7. The van der Waals surface area contributed by atoms with Gasteiger partial charge in [-0.1, -0.05) is 38.1 Å². The van der Waals surface area contributed by atoms with E-state index >= 15 is 0 Å². The van der Waals surface area contributed by atoms with E-state index in [4.69, 9.17) is 9.47 Å². The summed E-state index contributed by atoms with van der Waals surface area (Å²) >= 11 is 0. The average Bonchev–Trinajstić information content (AvgIpc) is 3.12. The molecule has 0 radical (unpaired) electrons. The zero-order chi connectivity index (χ0) is 17.9. The van der Waals surface area contributed by atoms with E-state index in [9.17, 15) is 0 Å². The van der Waals surface area contributed by atoms with Crippen LogP contribution in [-0.4, -0.2) is 33.0 Å². The normalized spacial score (nSPS) is 22.0. The minimum absolute atomic E-state index is 0.353. The van der Waals surface area contributed by atoms with Crippen LogP contribution in [0.25, 0.3) is 0 Å². The van der Waals surface area contributed by atoms with Crippen molar-refractivity contribution in [3.05, 3.63) is 59.2 Å². The van der Waals surface area contributed by atoms with E-state index in [1.807, 2.05) is 6.07 Å². The van der Waals surface area contributed by atoms with Crippen molar-refractivity contribution in [2.24, 2.45) is 0 Å². The summed E-state index contributed by atoms with van der Waals surface area (Å²) in [6, 6.07) is 15.6. The Morgan fingerprint density at radius 3 is 2.00 bits per heavy atom. The van der Waals surface area contributed by atoms with Gasteiger partial charge in [0.25, 0.3) is 0 Å². The molecule has 0 unspecified atom stereocenters. The Balaban J connectivity index is 1.27. The molecule has 1 fully saturated rings. The van der Waals surface area contributed by atoms with Gasteiger partial charge in [0, 0.05) is 11.1 Å². The van der Waals surface area contributed by atoms with Gasteiger partial charge in [-0.2, -0.15) is 0 Å². The van der Waals surface area contributed by atoms with Crippen LogP contribution in [0.4, 0.5) is 0 Å². The van der Waals surface area contributed by atoms with Crippen molar-refractivity contribution in [2.75, 3.05) is 33.0 Å². The molecule has 0 atom stereocenters. The molecule has 4 nitrogen and oxygen atoms in total. The third kappa shape index (κ3) is 4.02. The highest BCUT2D eigenvalue weighted by Gasteiger charge is 2.24. The molecule has 0 amide bonds. The molecule has 138 valence electrons. The van der Waals surface area contributed by atoms with Gasteiger partial charge in [0.15, 0.2) is 11.5 Å². The van der Waals surface area contributed by atoms with E-state index in [1.165, 1.54) is 42.9 Å². The van der Waals surface area contributed by atoms with Crippen LogP contribution in [0.1, 0.15) is 36.5 Å². The van der Waals surface area contributed by atoms with Crippen LogP contribution < -0.4 is 19.3 Å². The number of hydrogen-bond donors (Lipinski definition) is 2. The van der Waals surface area contributed by atoms with E-state index < -0.39 is 0 Å². The lowest BCUT2D eigenvalue weighted by Gasteiger charge is -2.30. The first-order valence-corrected chi connectivity index (χ1v) is 9.82. The number of fused-ring (bicyclic) bond motifs is 1. The Hall–Kier alpha value is -2.04. The molecular weight excluding hydrogens is 324 g/mol. The molecule has 4 rings (SSSR count). The lowest BCUT2D eigenvalue weighted by atomic mass is 10.0. The second-order valence-corrected chi connectivity index (χ2v) is 7.94. The number of benzene rings is 2. The summed E-state index contributed by atoms with van der Waals surface area (Å²) in [5.74, 6) is 2.39. The van der Waals surface area contributed by atoms with Gasteiger partial charge in [0.1, 0.15) is 39.3 Å². The predicted molar refractivity (Wildman–Crippen MR) is 102 cm³/mol. The highest BCUT2D eigenvalue weighted by molar-refractivity contribution is 5.44. The second-order valence-electron chi connectivity index (χ2n) is 7.94. The molecule has 0 aromatic heterocycles. The van der Waals surface area contributed by atoms with Gasteiger partial charge in [-0.15, -0.1) is 0 Å². The van der Waals surface area contributed by atoms with Gasteiger partial charge in [-0.05, 0) is 29.7 Å². The minimum Gasteiger partial charge on any atom is -0.454 e. The molecule has 2 N–H and O–H groups in total. The fourth-order valence-electron chi connectivity index (χ4n) is 3.96. The third-order valence-electron chi connectivity index (χ3n) is 5.66. The monoisotopic (exact) mass is 354 g/mol. The summed E-state index contributed by atoms with van der Waals surface area (Å²) in [6.07, 6.45) is 0. The Bertz CT molecular complexity index is 734. The van der Waals surface area contributed by atoms with Gasteiger partial charge in [-0.25, -0.2) is 0 Å². The molecule has 4 heteroatoms. The Morgan fingerprint density at radius 1 is 0.769 bits per heavy atom. The molecule has 2 aromatic rings. The van der Waals surface area contributed by atoms with E-state index in [2.05, 4.69) is 50.2 Å². The largest absolute Gasteiger partial charge is 0.454 e. The SMILES string of the molecule is CC(C)c1ccc(C[NH+]2CC[NH+](Cc3ccc4c(c3)OCO4)CC2)cc1. The van der Waals surface area contributed by atoms with E-state index in [0.29, 0.717) is 12.7 Å². The summed E-state index contributed by atoms with van der Waals surface area (Å²) in [5.41, 5.74) is 4.24. The van der Waals surface area contributed by atoms with Crippen LogP contribution in [0, 0.1) is 0 Å². The van der Waals surface area contributed by atoms with E-state index in [0.717, 1.165) is 24.6 Å². The zero-order valence-corrected chi connectivity index (χ0v) is 15.9. The number of ether oxygens (including phenoxy) is 2. The zero-order valence-electron chi connectivity index (χ0n) is 15.9. The van der Waals surface area contributed by atoms with Gasteiger partial charge >= 0.3 is 0 Å². The molecular formula is C22H30N2O2+2. The summed E-state index contributed by atoms with van der Waals surface area (Å²) in [5, 5.41) is 0. The van der Waals surface area contributed by atoms with Gasteiger partial charge in [0.05, 0.1) is 0 Å². The number of hydrogen-bond acceptors (Lipinski definition) is 2. The second kappa shape index (κ2) is 7.68. The molecule has 0 spiro atoms. The van der Waals surface area contributed by atoms with Crippen molar-refractivity contribution in [1.82, 2.24) is 0 Å². The maximum Gasteiger partial charge on any atom is 0.231 e. The third-order valence-corrected chi connectivity index (χ3v) is 5.66. The van der Waals surface area contributed by atoms with E-state index in [-0.39, 0.29) is 0 Å².